The van der Waals surface area contributed by atoms with Crippen LogP contribution in [0.5, 0.6) is 5.75 Å². The highest BCUT2D eigenvalue weighted by molar-refractivity contribution is 5.76. The Hall–Kier alpha value is -1.51. The van der Waals surface area contributed by atoms with Gasteiger partial charge in [0.15, 0.2) is 0 Å². The van der Waals surface area contributed by atoms with Gasteiger partial charge >= 0.3 is 0 Å². The number of primary amides is 1. The molecular weight excluding hydrogens is 214 g/mol. The van der Waals surface area contributed by atoms with E-state index in [0.717, 1.165) is 30.4 Å². The molecule has 1 amide bonds. The van der Waals surface area contributed by atoms with E-state index in [2.05, 4.69) is 6.92 Å². The van der Waals surface area contributed by atoms with Crippen LogP contribution in [0, 0.1) is 12.8 Å². The predicted octanol–water partition coefficient (Wildman–Crippen LogP) is 2.53. The lowest BCUT2D eigenvalue weighted by Gasteiger charge is -2.13. The molecular formula is C14H21NO2. The van der Waals surface area contributed by atoms with Crippen LogP contribution in [-0.2, 0) is 11.2 Å². The Morgan fingerprint density at radius 1 is 1.47 bits per heavy atom. The lowest BCUT2D eigenvalue weighted by molar-refractivity contribution is -0.122. The summed E-state index contributed by atoms with van der Waals surface area (Å²) in [5, 5.41) is 9.44. The molecule has 0 aliphatic heterocycles. The Kier molecular flexibility index (Phi) is 5.01. The predicted molar refractivity (Wildman–Crippen MR) is 68.8 cm³/mol. The van der Waals surface area contributed by atoms with Gasteiger partial charge in [0.2, 0.25) is 5.91 Å². The highest BCUT2D eigenvalue weighted by Gasteiger charge is 2.15. The fourth-order valence-corrected chi connectivity index (χ4v) is 1.92. The smallest absolute Gasteiger partial charge is 0.220 e. The number of hydrogen-bond donors (Lipinski definition) is 2. The molecule has 1 aromatic rings. The van der Waals surface area contributed by atoms with Crippen LogP contribution in [0.3, 0.4) is 0 Å². The molecule has 1 rings (SSSR count). The number of hydrogen-bond acceptors (Lipinski definition) is 2. The van der Waals surface area contributed by atoms with Crippen molar-refractivity contribution in [2.75, 3.05) is 0 Å². The molecule has 1 aromatic carbocycles. The SMILES string of the molecule is CCCCC(Cc1ccc(O)c(C)c1)C(N)=O. The van der Waals surface area contributed by atoms with E-state index in [1.54, 1.807) is 6.07 Å². The molecule has 0 aromatic heterocycles. The van der Waals surface area contributed by atoms with Gasteiger partial charge in [-0.05, 0) is 37.0 Å². The van der Waals surface area contributed by atoms with Gasteiger partial charge in [0, 0.05) is 5.92 Å². The highest BCUT2D eigenvalue weighted by atomic mass is 16.3. The highest BCUT2D eigenvalue weighted by Crippen LogP contribution is 2.21. The van der Waals surface area contributed by atoms with Gasteiger partial charge in [-0.1, -0.05) is 31.9 Å². The molecule has 0 saturated carbocycles. The van der Waals surface area contributed by atoms with Crippen molar-refractivity contribution in [1.29, 1.82) is 0 Å². The van der Waals surface area contributed by atoms with Crippen molar-refractivity contribution >= 4 is 5.91 Å². The second kappa shape index (κ2) is 6.28. The maximum Gasteiger partial charge on any atom is 0.220 e. The minimum Gasteiger partial charge on any atom is -0.508 e. The van der Waals surface area contributed by atoms with Crippen molar-refractivity contribution < 1.29 is 9.90 Å². The van der Waals surface area contributed by atoms with E-state index in [1.165, 1.54) is 0 Å². The molecule has 94 valence electrons. The lowest BCUT2D eigenvalue weighted by Crippen LogP contribution is -2.25. The fraction of sp³-hybridized carbons (Fsp3) is 0.500. The van der Waals surface area contributed by atoms with Crippen molar-refractivity contribution in [3.05, 3.63) is 29.3 Å². The van der Waals surface area contributed by atoms with E-state index in [1.807, 2.05) is 19.1 Å². The van der Waals surface area contributed by atoms with Gasteiger partial charge in [0.25, 0.3) is 0 Å². The molecule has 0 radical (unpaired) electrons. The van der Waals surface area contributed by atoms with E-state index in [4.69, 9.17) is 5.73 Å². The van der Waals surface area contributed by atoms with Crippen LogP contribution in [-0.4, -0.2) is 11.0 Å². The molecule has 0 aliphatic carbocycles. The zero-order valence-electron chi connectivity index (χ0n) is 10.6. The first-order chi connectivity index (χ1) is 8.04. The van der Waals surface area contributed by atoms with Gasteiger partial charge in [0.05, 0.1) is 0 Å². The number of aryl methyl sites for hydroxylation is 1. The molecule has 0 fully saturated rings. The molecule has 3 N–H and O–H groups in total. The topological polar surface area (TPSA) is 63.3 Å². The second-order valence-corrected chi connectivity index (χ2v) is 4.57. The number of amides is 1. The summed E-state index contributed by atoms with van der Waals surface area (Å²) in [4.78, 5) is 11.3. The zero-order chi connectivity index (χ0) is 12.8. The van der Waals surface area contributed by atoms with Crippen LogP contribution in [0.15, 0.2) is 18.2 Å². The third-order valence-corrected chi connectivity index (χ3v) is 3.05. The second-order valence-electron chi connectivity index (χ2n) is 4.57. The lowest BCUT2D eigenvalue weighted by atomic mass is 9.93. The zero-order valence-corrected chi connectivity index (χ0v) is 10.6. The maximum absolute atomic E-state index is 11.3. The Labute approximate surface area is 103 Å². The van der Waals surface area contributed by atoms with Gasteiger partial charge in [-0.3, -0.25) is 4.79 Å². The van der Waals surface area contributed by atoms with Crippen molar-refractivity contribution in [3.8, 4) is 5.75 Å². The summed E-state index contributed by atoms with van der Waals surface area (Å²) in [6.45, 7) is 3.95. The van der Waals surface area contributed by atoms with Crippen molar-refractivity contribution in [2.24, 2.45) is 11.7 Å². The number of phenols is 1. The summed E-state index contributed by atoms with van der Waals surface area (Å²) in [7, 11) is 0. The molecule has 0 saturated heterocycles. The summed E-state index contributed by atoms with van der Waals surface area (Å²) in [5.41, 5.74) is 7.30. The van der Waals surface area contributed by atoms with Crippen LogP contribution in [0.4, 0.5) is 0 Å². The van der Waals surface area contributed by atoms with Crippen LogP contribution in [0.25, 0.3) is 0 Å². The quantitative estimate of drug-likeness (QED) is 0.795. The number of phenolic OH excluding ortho intramolecular Hbond substituents is 1. The van der Waals surface area contributed by atoms with Gasteiger partial charge in [-0.15, -0.1) is 0 Å². The number of unbranched alkanes of at least 4 members (excludes halogenated alkanes) is 1. The summed E-state index contributed by atoms with van der Waals surface area (Å²) in [5.74, 6) is -0.0407. The van der Waals surface area contributed by atoms with E-state index >= 15 is 0 Å². The molecule has 0 bridgehead atoms. The summed E-state index contributed by atoms with van der Waals surface area (Å²) < 4.78 is 0. The van der Waals surface area contributed by atoms with Crippen molar-refractivity contribution in [1.82, 2.24) is 0 Å². The fourth-order valence-electron chi connectivity index (χ4n) is 1.92. The van der Waals surface area contributed by atoms with Gasteiger partial charge in [-0.2, -0.15) is 0 Å². The number of benzene rings is 1. The Balaban J connectivity index is 2.71. The number of rotatable bonds is 6. The number of carbonyl (C=O) groups excluding carboxylic acids is 1. The van der Waals surface area contributed by atoms with E-state index < -0.39 is 0 Å². The largest absolute Gasteiger partial charge is 0.508 e. The minimum absolute atomic E-state index is 0.0982. The molecule has 0 aliphatic rings. The first-order valence-electron chi connectivity index (χ1n) is 6.12. The van der Waals surface area contributed by atoms with Crippen LogP contribution >= 0.6 is 0 Å². The molecule has 0 heterocycles. The maximum atomic E-state index is 11.3. The Bertz CT molecular complexity index is 388. The Morgan fingerprint density at radius 2 is 2.18 bits per heavy atom. The minimum atomic E-state index is -0.232. The normalized spacial score (nSPS) is 12.4. The summed E-state index contributed by atoms with van der Waals surface area (Å²) >= 11 is 0. The molecule has 1 unspecified atom stereocenters. The van der Waals surface area contributed by atoms with Gasteiger partial charge < -0.3 is 10.8 Å². The number of carbonyl (C=O) groups is 1. The van der Waals surface area contributed by atoms with Gasteiger partial charge in [-0.25, -0.2) is 0 Å². The molecule has 0 spiro atoms. The van der Waals surface area contributed by atoms with E-state index in [9.17, 15) is 9.90 Å². The van der Waals surface area contributed by atoms with Crippen molar-refractivity contribution in [2.45, 2.75) is 39.5 Å². The van der Waals surface area contributed by atoms with E-state index in [-0.39, 0.29) is 17.6 Å². The van der Waals surface area contributed by atoms with Crippen LogP contribution < -0.4 is 5.73 Å². The van der Waals surface area contributed by atoms with Crippen LogP contribution in [0.1, 0.15) is 37.3 Å². The number of nitrogens with two attached hydrogens (primary N) is 1. The first-order valence-corrected chi connectivity index (χ1v) is 6.12. The van der Waals surface area contributed by atoms with Crippen LogP contribution in [0.2, 0.25) is 0 Å². The summed E-state index contributed by atoms with van der Waals surface area (Å²) in [6.07, 6.45) is 3.59. The van der Waals surface area contributed by atoms with Crippen molar-refractivity contribution in [3.63, 3.8) is 0 Å². The third kappa shape index (κ3) is 4.10. The average molecular weight is 235 g/mol. The molecule has 1 atom stereocenters. The summed E-state index contributed by atoms with van der Waals surface area (Å²) in [6, 6.07) is 5.43. The molecule has 3 nitrogen and oxygen atoms in total. The molecule has 3 heteroatoms. The Morgan fingerprint density at radius 3 is 2.71 bits per heavy atom. The standard InChI is InChI=1S/C14H21NO2/c1-3-4-5-12(14(15)17)9-11-6-7-13(16)10(2)8-11/h6-8,12,16H,3-5,9H2,1-2H3,(H2,15,17). The van der Waals surface area contributed by atoms with E-state index in [0.29, 0.717) is 6.42 Å². The average Bonchev–Trinajstić information content (AvgIpc) is 2.28. The number of aromatic hydroxyl groups is 1. The van der Waals surface area contributed by atoms with Gasteiger partial charge in [0.1, 0.15) is 5.75 Å². The monoisotopic (exact) mass is 235 g/mol. The first kappa shape index (κ1) is 13.6. The molecule has 17 heavy (non-hydrogen) atoms. The third-order valence-electron chi connectivity index (χ3n) is 3.05.